The molecule has 3 heterocycles. The molecular weight excluding hydrogens is 482 g/mol. The summed E-state index contributed by atoms with van der Waals surface area (Å²) in [6.45, 7) is 6.11. The monoisotopic (exact) mass is 515 g/mol. The van der Waals surface area contributed by atoms with E-state index in [1.165, 1.54) is 0 Å². The number of ether oxygens (including phenoxy) is 2. The van der Waals surface area contributed by atoms with Crippen molar-refractivity contribution in [3.63, 3.8) is 0 Å². The van der Waals surface area contributed by atoms with Crippen molar-refractivity contribution in [3.05, 3.63) is 57.1 Å². The van der Waals surface area contributed by atoms with E-state index in [1.807, 2.05) is 24.3 Å². The summed E-state index contributed by atoms with van der Waals surface area (Å²) in [5.41, 5.74) is 1.75. The molecule has 0 unspecified atom stereocenters. The molecule has 194 valence electrons. The smallest absolute Gasteiger partial charge is 0.312 e. The molecule has 2 saturated heterocycles. The number of piperidine rings is 2. The molecule has 8 nitrogen and oxygen atoms in total. The van der Waals surface area contributed by atoms with Gasteiger partial charge in [0, 0.05) is 68.8 Å². The molecule has 0 amide bonds. The predicted octanol–water partition coefficient (Wildman–Crippen LogP) is 4.69. The average molecular weight is 516 g/mol. The van der Waals surface area contributed by atoms with Gasteiger partial charge in [-0.1, -0.05) is 18.5 Å². The molecule has 9 heteroatoms. The molecule has 0 aliphatic carbocycles. The van der Waals surface area contributed by atoms with E-state index in [4.69, 9.17) is 21.1 Å². The zero-order valence-corrected chi connectivity index (χ0v) is 21.5. The van der Waals surface area contributed by atoms with Crippen LogP contribution in [0.25, 0.3) is 0 Å². The fourth-order valence-electron chi connectivity index (χ4n) is 5.59. The first-order valence-electron chi connectivity index (χ1n) is 12.8. The maximum absolute atomic E-state index is 11.7. The summed E-state index contributed by atoms with van der Waals surface area (Å²) in [4.78, 5) is 15.7. The molecule has 2 aromatic carbocycles. The van der Waals surface area contributed by atoms with Crippen molar-refractivity contribution in [2.45, 2.75) is 50.7 Å². The molecule has 3 aliphatic rings. The minimum Gasteiger partial charge on any atom is -0.487 e. The number of hydrogen-bond acceptors (Lipinski definition) is 7. The van der Waals surface area contributed by atoms with Gasteiger partial charge in [-0.3, -0.25) is 10.1 Å². The Morgan fingerprint density at radius 3 is 2.67 bits per heavy atom. The normalized spacial score (nSPS) is 20.7. The number of nitro groups is 1. The highest BCUT2D eigenvalue weighted by molar-refractivity contribution is 6.30. The molecule has 2 fully saturated rings. The highest BCUT2D eigenvalue weighted by Gasteiger charge is 2.42. The number of aliphatic hydroxyl groups excluding tert-OH is 1. The Bertz CT molecular complexity index is 1100. The topological polar surface area (TPSA) is 88.3 Å². The van der Waals surface area contributed by atoms with Gasteiger partial charge in [0.1, 0.15) is 24.1 Å². The fraction of sp³-hybridized carbons (Fsp3) is 0.556. The molecule has 1 spiro atoms. The zero-order chi connectivity index (χ0) is 25.3. The van der Waals surface area contributed by atoms with E-state index in [-0.39, 0.29) is 23.6 Å². The molecule has 0 bridgehead atoms. The maximum Gasteiger partial charge on any atom is 0.312 e. The van der Waals surface area contributed by atoms with Crippen LogP contribution in [0.3, 0.4) is 0 Å². The van der Waals surface area contributed by atoms with Crippen molar-refractivity contribution < 1.29 is 19.5 Å². The minimum absolute atomic E-state index is 0.00347. The van der Waals surface area contributed by atoms with Gasteiger partial charge in [-0.05, 0) is 54.7 Å². The number of β-amino-alcohol motifs (C(OH)–C–C–N with tert-alkyl or cyclic N) is 1. The first-order valence-corrected chi connectivity index (χ1v) is 13.2. The number of likely N-dealkylation sites (tertiary alicyclic amines) is 1. The molecule has 36 heavy (non-hydrogen) atoms. The second kappa shape index (κ2) is 10.4. The molecule has 5 rings (SSSR count). The summed E-state index contributed by atoms with van der Waals surface area (Å²) in [7, 11) is 0. The summed E-state index contributed by atoms with van der Waals surface area (Å²) < 4.78 is 12.0. The highest BCUT2D eigenvalue weighted by Crippen LogP contribution is 2.42. The van der Waals surface area contributed by atoms with Crippen LogP contribution in [0.5, 0.6) is 11.5 Å². The number of aliphatic hydroxyl groups is 1. The van der Waals surface area contributed by atoms with Gasteiger partial charge in [0.05, 0.1) is 4.92 Å². The van der Waals surface area contributed by atoms with E-state index < -0.39 is 11.0 Å². The maximum atomic E-state index is 11.7. The number of rotatable bonds is 7. The lowest BCUT2D eigenvalue weighted by Crippen LogP contribution is -2.49. The first kappa shape index (κ1) is 25.1. The van der Waals surface area contributed by atoms with Crippen LogP contribution >= 0.6 is 11.6 Å². The molecule has 1 atom stereocenters. The van der Waals surface area contributed by atoms with Crippen LogP contribution in [0, 0.1) is 16.0 Å². The Morgan fingerprint density at radius 1 is 1.19 bits per heavy atom. The molecule has 0 saturated carbocycles. The van der Waals surface area contributed by atoms with Crippen LogP contribution in [-0.2, 0) is 6.42 Å². The van der Waals surface area contributed by atoms with Gasteiger partial charge in [-0.15, -0.1) is 0 Å². The molecule has 3 aliphatic heterocycles. The minimum atomic E-state index is -0.748. The Balaban J connectivity index is 1.12. The van der Waals surface area contributed by atoms with Crippen molar-refractivity contribution in [1.82, 2.24) is 4.90 Å². The van der Waals surface area contributed by atoms with Crippen molar-refractivity contribution in [2.24, 2.45) is 5.92 Å². The van der Waals surface area contributed by atoms with Crippen LogP contribution in [0.1, 0.15) is 38.2 Å². The second-order valence-electron chi connectivity index (χ2n) is 10.6. The third kappa shape index (κ3) is 5.56. The van der Waals surface area contributed by atoms with Crippen molar-refractivity contribution in [3.8, 4) is 11.5 Å². The second-order valence-corrected chi connectivity index (χ2v) is 11.0. The van der Waals surface area contributed by atoms with Gasteiger partial charge in [0.2, 0.25) is 0 Å². The van der Waals surface area contributed by atoms with Gasteiger partial charge in [0.25, 0.3) is 0 Å². The van der Waals surface area contributed by atoms with E-state index in [0.29, 0.717) is 12.5 Å². The van der Waals surface area contributed by atoms with E-state index >= 15 is 0 Å². The predicted molar refractivity (Wildman–Crippen MR) is 139 cm³/mol. The third-order valence-electron chi connectivity index (χ3n) is 7.82. The van der Waals surface area contributed by atoms with Gasteiger partial charge >= 0.3 is 5.69 Å². The van der Waals surface area contributed by atoms with Gasteiger partial charge in [-0.25, -0.2) is 0 Å². The number of hydrogen-bond donors (Lipinski definition) is 1. The summed E-state index contributed by atoms with van der Waals surface area (Å²) in [6.07, 6.45) is 4.03. The quantitative estimate of drug-likeness (QED) is 0.422. The number of nitrogens with zero attached hydrogens (tertiary/aromatic N) is 3. The fourth-order valence-corrected chi connectivity index (χ4v) is 5.79. The molecule has 0 aromatic heterocycles. The standard InChI is InChI=1S/C27H34ClN3O5/c1-19-6-10-30(11-7-19)22-3-5-26(24(15-22)31(33)34)35-18-23(32)17-29-12-8-27(9-13-29)16-20-14-21(28)2-4-25(20)36-27/h2-5,14-15,19,23,32H,6-13,16-18H2,1H3/t23-/m1/s1. The number of benzene rings is 2. The lowest BCUT2D eigenvalue weighted by molar-refractivity contribution is -0.385. The average Bonchev–Trinajstić information content (AvgIpc) is 3.21. The number of anilines is 1. The molecular formula is C27H34ClN3O5. The van der Waals surface area contributed by atoms with Crippen LogP contribution in [0.4, 0.5) is 11.4 Å². The van der Waals surface area contributed by atoms with Crippen molar-refractivity contribution in [1.29, 1.82) is 0 Å². The van der Waals surface area contributed by atoms with Crippen molar-refractivity contribution in [2.75, 3.05) is 44.2 Å². The summed E-state index contributed by atoms with van der Waals surface area (Å²) >= 11 is 6.14. The first-order chi connectivity index (χ1) is 17.3. The van der Waals surface area contributed by atoms with Crippen LogP contribution in [0.15, 0.2) is 36.4 Å². The summed E-state index contributed by atoms with van der Waals surface area (Å²) in [6, 6.07) is 10.9. The lowest BCUT2D eigenvalue weighted by atomic mass is 9.87. The Kier molecular flexibility index (Phi) is 7.28. The van der Waals surface area contributed by atoms with Gasteiger partial charge in [0.15, 0.2) is 5.75 Å². The summed E-state index contributed by atoms with van der Waals surface area (Å²) in [5.74, 6) is 1.80. The van der Waals surface area contributed by atoms with E-state index in [0.717, 1.165) is 80.3 Å². The van der Waals surface area contributed by atoms with Crippen LogP contribution in [0.2, 0.25) is 5.02 Å². The molecule has 2 aromatic rings. The highest BCUT2D eigenvalue weighted by atomic mass is 35.5. The number of nitro benzene ring substituents is 1. The number of fused-ring (bicyclic) bond motifs is 1. The molecule has 0 radical (unpaired) electrons. The van der Waals surface area contributed by atoms with Gasteiger partial charge < -0.3 is 24.4 Å². The van der Waals surface area contributed by atoms with Crippen LogP contribution in [-0.4, -0.2) is 66.0 Å². The third-order valence-corrected chi connectivity index (χ3v) is 8.05. The SMILES string of the molecule is CC1CCN(c2ccc(OC[C@H](O)CN3CCC4(CC3)Cc3cc(Cl)ccc3O4)c([N+](=O)[O-])c2)CC1. The Morgan fingerprint density at radius 2 is 1.94 bits per heavy atom. The zero-order valence-electron chi connectivity index (χ0n) is 20.7. The van der Waals surface area contributed by atoms with Crippen LogP contribution < -0.4 is 14.4 Å². The van der Waals surface area contributed by atoms with Crippen molar-refractivity contribution >= 4 is 23.0 Å². The van der Waals surface area contributed by atoms with E-state index in [1.54, 1.807) is 12.1 Å². The van der Waals surface area contributed by atoms with E-state index in [9.17, 15) is 15.2 Å². The molecule has 1 N–H and O–H groups in total. The lowest BCUT2D eigenvalue weighted by Gasteiger charge is -2.39. The summed E-state index contributed by atoms with van der Waals surface area (Å²) in [5, 5.41) is 23.1. The largest absolute Gasteiger partial charge is 0.487 e. The number of halogens is 1. The Labute approximate surface area is 216 Å². The Hall–Kier alpha value is -2.55. The van der Waals surface area contributed by atoms with E-state index in [2.05, 4.69) is 16.7 Å². The van der Waals surface area contributed by atoms with Gasteiger partial charge in [-0.2, -0.15) is 0 Å².